The van der Waals surface area contributed by atoms with E-state index < -0.39 is 22.0 Å². The fourth-order valence-electron chi connectivity index (χ4n) is 1.91. The SMILES string of the molecule is NS(=O)(=O)c1cnc(-n2nc(C(F)(F)F)nc2-c2ccccc2)nc1. The van der Waals surface area contributed by atoms with Gasteiger partial charge in [-0.1, -0.05) is 30.3 Å². The molecule has 0 saturated heterocycles. The molecule has 1 aromatic carbocycles. The quantitative estimate of drug-likeness (QED) is 0.745. The predicted octanol–water partition coefficient (Wildman–Crippen LogP) is 1.39. The number of hydrogen-bond acceptors (Lipinski definition) is 6. The molecule has 2 N–H and O–H groups in total. The average Bonchev–Trinajstić information content (AvgIpc) is 3.00. The molecule has 0 unspecified atom stereocenters. The van der Waals surface area contributed by atoms with E-state index in [2.05, 4.69) is 20.1 Å². The van der Waals surface area contributed by atoms with Crippen molar-refractivity contribution in [3.8, 4) is 17.3 Å². The number of halogens is 3. The zero-order chi connectivity index (χ0) is 18.2. The van der Waals surface area contributed by atoms with Crippen molar-refractivity contribution >= 4 is 10.0 Å². The van der Waals surface area contributed by atoms with Crippen LogP contribution >= 0.6 is 0 Å². The summed E-state index contributed by atoms with van der Waals surface area (Å²) < 4.78 is 62.1. The number of hydrogen-bond donors (Lipinski definition) is 1. The molecule has 2 heterocycles. The van der Waals surface area contributed by atoms with E-state index in [0.717, 1.165) is 17.1 Å². The first-order valence-corrected chi connectivity index (χ1v) is 8.16. The van der Waals surface area contributed by atoms with Crippen molar-refractivity contribution in [3.63, 3.8) is 0 Å². The summed E-state index contributed by atoms with van der Waals surface area (Å²) in [7, 11) is -4.03. The van der Waals surface area contributed by atoms with Gasteiger partial charge in [-0.05, 0) is 0 Å². The Balaban J connectivity index is 2.16. The average molecular weight is 370 g/mol. The van der Waals surface area contributed by atoms with E-state index in [1.54, 1.807) is 30.3 Å². The maximum Gasteiger partial charge on any atom is 0.453 e. The molecule has 0 amide bonds. The Morgan fingerprint density at radius 2 is 1.64 bits per heavy atom. The summed E-state index contributed by atoms with van der Waals surface area (Å²) in [6, 6.07) is 8.00. The Labute approximate surface area is 139 Å². The van der Waals surface area contributed by atoms with Gasteiger partial charge in [-0.2, -0.15) is 17.9 Å². The normalized spacial score (nSPS) is 12.3. The second-order valence-corrected chi connectivity index (χ2v) is 6.36. The highest BCUT2D eigenvalue weighted by molar-refractivity contribution is 7.89. The third-order valence-corrected chi connectivity index (χ3v) is 3.89. The van der Waals surface area contributed by atoms with E-state index in [0.29, 0.717) is 5.56 Å². The van der Waals surface area contributed by atoms with E-state index in [9.17, 15) is 21.6 Å². The lowest BCUT2D eigenvalue weighted by atomic mass is 10.2. The second-order valence-electron chi connectivity index (χ2n) is 4.80. The molecule has 0 fully saturated rings. The summed E-state index contributed by atoms with van der Waals surface area (Å²) in [4.78, 5) is 10.6. The molecule has 0 radical (unpaired) electrons. The van der Waals surface area contributed by atoms with Gasteiger partial charge >= 0.3 is 6.18 Å². The van der Waals surface area contributed by atoms with Crippen LogP contribution in [0.15, 0.2) is 47.6 Å². The summed E-state index contributed by atoms with van der Waals surface area (Å²) >= 11 is 0. The van der Waals surface area contributed by atoms with Crippen molar-refractivity contribution in [3.05, 3.63) is 48.5 Å². The van der Waals surface area contributed by atoms with Crippen LogP contribution in [0.2, 0.25) is 0 Å². The van der Waals surface area contributed by atoms with Crippen molar-refractivity contribution in [2.45, 2.75) is 11.1 Å². The highest BCUT2D eigenvalue weighted by Gasteiger charge is 2.37. The fraction of sp³-hybridized carbons (Fsp3) is 0.0769. The first kappa shape index (κ1) is 17.0. The largest absolute Gasteiger partial charge is 0.453 e. The summed E-state index contributed by atoms with van der Waals surface area (Å²) in [5.41, 5.74) is 0.352. The minimum atomic E-state index is -4.77. The second kappa shape index (κ2) is 5.89. The van der Waals surface area contributed by atoms with Gasteiger partial charge in [0.05, 0.1) is 12.4 Å². The molecule has 130 valence electrons. The van der Waals surface area contributed by atoms with Crippen molar-refractivity contribution < 1.29 is 21.6 Å². The van der Waals surface area contributed by atoms with Gasteiger partial charge in [0.15, 0.2) is 5.82 Å². The van der Waals surface area contributed by atoms with Crippen LogP contribution in [0.5, 0.6) is 0 Å². The maximum atomic E-state index is 13.0. The Hall–Kier alpha value is -2.86. The predicted molar refractivity (Wildman–Crippen MR) is 78.8 cm³/mol. The van der Waals surface area contributed by atoms with Gasteiger partial charge in [0.2, 0.25) is 10.0 Å². The number of rotatable bonds is 3. The number of primary sulfonamides is 1. The lowest BCUT2D eigenvalue weighted by Crippen LogP contribution is -2.14. The number of aromatic nitrogens is 5. The van der Waals surface area contributed by atoms with E-state index in [1.807, 2.05) is 0 Å². The van der Waals surface area contributed by atoms with E-state index in [-0.39, 0.29) is 16.7 Å². The molecular formula is C13H9F3N6O2S. The lowest BCUT2D eigenvalue weighted by molar-refractivity contribution is -0.144. The molecule has 25 heavy (non-hydrogen) atoms. The van der Waals surface area contributed by atoms with Crippen LogP contribution in [0.1, 0.15) is 5.82 Å². The minimum absolute atomic E-state index is 0.142. The molecule has 0 bridgehead atoms. The summed E-state index contributed by atoms with van der Waals surface area (Å²) in [6.07, 6.45) is -3.02. The summed E-state index contributed by atoms with van der Waals surface area (Å²) in [5.74, 6) is -1.80. The fourth-order valence-corrected chi connectivity index (χ4v) is 2.31. The third-order valence-electron chi connectivity index (χ3n) is 3.03. The monoisotopic (exact) mass is 370 g/mol. The molecule has 0 atom stereocenters. The first-order valence-electron chi connectivity index (χ1n) is 6.61. The summed E-state index contributed by atoms with van der Waals surface area (Å²) in [5, 5.41) is 8.33. The minimum Gasteiger partial charge on any atom is -0.225 e. The van der Waals surface area contributed by atoms with Crippen molar-refractivity contribution in [1.29, 1.82) is 0 Å². The smallest absolute Gasteiger partial charge is 0.225 e. The third kappa shape index (κ3) is 3.49. The van der Waals surface area contributed by atoms with Gasteiger partial charge in [-0.15, -0.1) is 5.10 Å². The molecule has 0 spiro atoms. The maximum absolute atomic E-state index is 13.0. The highest BCUT2D eigenvalue weighted by atomic mass is 32.2. The van der Waals surface area contributed by atoms with Gasteiger partial charge < -0.3 is 0 Å². The molecule has 0 aliphatic rings. The van der Waals surface area contributed by atoms with Crippen molar-refractivity contribution in [2.75, 3.05) is 0 Å². The zero-order valence-electron chi connectivity index (χ0n) is 12.2. The van der Waals surface area contributed by atoms with Gasteiger partial charge in [0, 0.05) is 5.56 Å². The molecule has 0 aliphatic carbocycles. The Bertz CT molecular complexity index is 1000. The van der Waals surface area contributed by atoms with Gasteiger partial charge in [0.1, 0.15) is 4.90 Å². The van der Waals surface area contributed by atoms with Crippen LogP contribution in [0.4, 0.5) is 13.2 Å². The van der Waals surface area contributed by atoms with Crippen LogP contribution < -0.4 is 5.14 Å². The first-order chi connectivity index (χ1) is 11.7. The molecule has 0 aliphatic heterocycles. The number of alkyl halides is 3. The molecule has 12 heteroatoms. The van der Waals surface area contributed by atoms with E-state index in [1.165, 1.54) is 0 Å². The molecule has 0 saturated carbocycles. The number of benzene rings is 1. The van der Waals surface area contributed by atoms with Gasteiger partial charge in [-0.3, -0.25) is 0 Å². The van der Waals surface area contributed by atoms with Crippen LogP contribution in [0.25, 0.3) is 17.3 Å². The van der Waals surface area contributed by atoms with Crippen LogP contribution in [-0.2, 0) is 16.2 Å². The molecule has 3 aromatic rings. The molecule has 8 nitrogen and oxygen atoms in total. The van der Waals surface area contributed by atoms with Crippen LogP contribution in [-0.4, -0.2) is 33.2 Å². The molecule has 3 rings (SSSR count). The highest BCUT2D eigenvalue weighted by Crippen LogP contribution is 2.29. The van der Waals surface area contributed by atoms with E-state index >= 15 is 0 Å². The van der Waals surface area contributed by atoms with E-state index in [4.69, 9.17) is 5.14 Å². The summed E-state index contributed by atoms with van der Waals surface area (Å²) in [6.45, 7) is 0. The molecular weight excluding hydrogens is 361 g/mol. The zero-order valence-corrected chi connectivity index (χ0v) is 13.0. The van der Waals surface area contributed by atoms with Crippen molar-refractivity contribution in [2.24, 2.45) is 5.14 Å². The molecule has 2 aromatic heterocycles. The van der Waals surface area contributed by atoms with Crippen LogP contribution in [0, 0.1) is 0 Å². The van der Waals surface area contributed by atoms with Crippen LogP contribution in [0.3, 0.4) is 0 Å². The number of sulfonamides is 1. The van der Waals surface area contributed by atoms with Gasteiger partial charge in [-0.25, -0.2) is 28.5 Å². The topological polar surface area (TPSA) is 117 Å². The van der Waals surface area contributed by atoms with Crippen molar-refractivity contribution in [1.82, 2.24) is 24.7 Å². The number of nitrogens with two attached hydrogens (primary N) is 1. The Morgan fingerprint density at radius 1 is 1.04 bits per heavy atom. The lowest BCUT2D eigenvalue weighted by Gasteiger charge is -2.04. The standard InChI is InChI=1S/C13H9F3N6O2S/c14-13(15,16)11-20-10(8-4-2-1-3-5-8)22(21-11)12-18-6-9(7-19-12)25(17,23)24/h1-7H,(H2,17,23,24). The van der Waals surface area contributed by atoms with Gasteiger partial charge in [0.25, 0.3) is 11.8 Å². The Kier molecular flexibility index (Phi) is 4.00. The number of nitrogens with zero attached hydrogens (tertiary/aromatic N) is 5. The Morgan fingerprint density at radius 3 is 2.16 bits per heavy atom.